The molecule has 1 aliphatic heterocycles. The highest BCUT2D eigenvalue weighted by atomic mass is 16.3. The molecule has 5 heteroatoms. The molecule has 80 valence electrons. The molecule has 0 saturated carbocycles. The third-order valence-electron chi connectivity index (χ3n) is 2.23. The van der Waals surface area contributed by atoms with Gasteiger partial charge in [0, 0.05) is 13.2 Å². The first-order valence-electron chi connectivity index (χ1n) is 4.95. The van der Waals surface area contributed by atoms with E-state index in [-0.39, 0.29) is 25.1 Å². The molecule has 0 aromatic rings. The standard InChI is InChI=1S/C9H16N2O3/c12-6-4-2-1-3-5-11-8(13)7-10-9(11)14/h12H,1-7H2,(H,10,14). The smallest absolute Gasteiger partial charge is 0.324 e. The lowest BCUT2D eigenvalue weighted by atomic mass is 10.2. The summed E-state index contributed by atoms with van der Waals surface area (Å²) in [5, 5.41) is 11.0. The first-order chi connectivity index (χ1) is 6.75. The van der Waals surface area contributed by atoms with E-state index in [1.807, 2.05) is 0 Å². The number of urea groups is 1. The third-order valence-corrected chi connectivity index (χ3v) is 2.23. The number of nitrogens with zero attached hydrogens (tertiary/aromatic N) is 1. The summed E-state index contributed by atoms with van der Waals surface area (Å²) >= 11 is 0. The number of amides is 3. The van der Waals surface area contributed by atoms with Gasteiger partial charge in [0.1, 0.15) is 0 Å². The molecule has 0 unspecified atom stereocenters. The van der Waals surface area contributed by atoms with Crippen LogP contribution in [0.1, 0.15) is 25.7 Å². The molecule has 1 saturated heterocycles. The topological polar surface area (TPSA) is 69.6 Å². The predicted molar refractivity (Wildman–Crippen MR) is 50.7 cm³/mol. The minimum Gasteiger partial charge on any atom is -0.396 e. The van der Waals surface area contributed by atoms with Crippen molar-refractivity contribution in [2.75, 3.05) is 19.7 Å². The van der Waals surface area contributed by atoms with E-state index in [0.29, 0.717) is 6.54 Å². The van der Waals surface area contributed by atoms with E-state index >= 15 is 0 Å². The highest BCUT2D eigenvalue weighted by Crippen LogP contribution is 2.04. The van der Waals surface area contributed by atoms with Gasteiger partial charge in [0.05, 0.1) is 6.54 Å². The zero-order valence-electron chi connectivity index (χ0n) is 8.16. The van der Waals surface area contributed by atoms with Gasteiger partial charge in [0.15, 0.2) is 0 Å². The molecule has 1 heterocycles. The monoisotopic (exact) mass is 200 g/mol. The Kier molecular flexibility index (Phi) is 4.39. The molecule has 0 bridgehead atoms. The fourth-order valence-corrected chi connectivity index (χ4v) is 1.42. The number of nitrogens with one attached hydrogen (secondary N) is 1. The summed E-state index contributed by atoms with van der Waals surface area (Å²) in [6.45, 7) is 0.842. The summed E-state index contributed by atoms with van der Waals surface area (Å²) in [5.74, 6) is -0.142. The second-order valence-electron chi connectivity index (χ2n) is 3.34. The Morgan fingerprint density at radius 3 is 2.50 bits per heavy atom. The largest absolute Gasteiger partial charge is 0.396 e. The van der Waals surface area contributed by atoms with Crippen molar-refractivity contribution in [1.82, 2.24) is 10.2 Å². The van der Waals surface area contributed by atoms with Crippen molar-refractivity contribution in [3.8, 4) is 0 Å². The van der Waals surface area contributed by atoms with Crippen molar-refractivity contribution in [2.24, 2.45) is 0 Å². The summed E-state index contributed by atoms with van der Waals surface area (Å²) < 4.78 is 0. The summed E-state index contributed by atoms with van der Waals surface area (Å²) in [5.41, 5.74) is 0. The summed E-state index contributed by atoms with van der Waals surface area (Å²) in [4.78, 5) is 23.4. The number of aliphatic hydroxyl groups is 1. The number of imide groups is 1. The maximum absolute atomic E-state index is 11.1. The highest BCUT2D eigenvalue weighted by molar-refractivity contribution is 6.01. The Morgan fingerprint density at radius 1 is 1.21 bits per heavy atom. The molecule has 0 radical (unpaired) electrons. The molecule has 0 spiro atoms. The van der Waals surface area contributed by atoms with Crippen LogP contribution in [0.2, 0.25) is 0 Å². The van der Waals surface area contributed by atoms with Crippen LogP contribution >= 0.6 is 0 Å². The zero-order chi connectivity index (χ0) is 10.4. The highest BCUT2D eigenvalue weighted by Gasteiger charge is 2.27. The molecular weight excluding hydrogens is 184 g/mol. The molecule has 5 nitrogen and oxygen atoms in total. The number of carbonyl (C=O) groups is 2. The average Bonchev–Trinajstić information content (AvgIpc) is 2.48. The Hall–Kier alpha value is -1.10. The van der Waals surface area contributed by atoms with Gasteiger partial charge in [-0.1, -0.05) is 12.8 Å². The Bertz CT molecular complexity index is 202. The van der Waals surface area contributed by atoms with Gasteiger partial charge in [-0.2, -0.15) is 0 Å². The number of aliphatic hydroxyl groups excluding tert-OH is 1. The predicted octanol–water partition coefficient (Wildman–Crippen LogP) is 0.0909. The van der Waals surface area contributed by atoms with E-state index in [1.165, 1.54) is 4.90 Å². The molecule has 14 heavy (non-hydrogen) atoms. The Balaban J connectivity index is 2.11. The van der Waals surface area contributed by atoms with Crippen molar-refractivity contribution in [2.45, 2.75) is 25.7 Å². The van der Waals surface area contributed by atoms with Crippen LogP contribution in [-0.2, 0) is 4.79 Å². The lowest BCUT2D eigenvalue weighted by molar-refractivity contribution is -0.125. The van der Waals surface area contributed by atoms with Crippen LogP contribution in [0.5, 0.6) is 0 Å². The van der Waals surface area contributed by atoms with Gasteiger partial charge in [-0.25, -0.2) is 4.79 Å². The molecular formula is C9H16N2O3. The average molecular weight is 200 g/mol. The Labute approximate surface area is 83.1 Å². The van der Waals surface area contributed by atoms with Gasteiger partial charge in [-0.3, -0.25) is 9.69 Å². The maximum atomic E-state index is 11.1. The zero-order valence-corrected chi connectivity index (χ0v) is 8.16. The van der Waals surface area contributed by atoms with Crippen molar-refractivity contribution in [3.63, 3.8) is 0 Å². The maximum Gasteiger partial charge on any atom is 0.324 e. The molecule has 0 aromatic carbocycles. The Morgan fingerprint density at radius 2 is 1.93 bits per heavy atom. The number of carbonyl (C=O) groups excluding carboxylic acids is 2. The van der Waals surface area contributed by atoms with E-state index < -0.39 is 0 Å². The van der Waals surface area contributed by atoms with E-state index in [9.17, 15) is 9.59 Å². The quantitative estimate of drug-likeness (QED) is 0.471. The first kappa shape index (κ1) is 11.0. The minimum absolute atomic E-state index is 0.134. The SMILES string of the molecule is O=C1CNC(=O)N1CCCCCCO. The van der Waals surface area contributed by atoms with E-state index in [1.54, 1.807) is 0 Å². The van der Waals surface area contributed by atoms with Crippen molar-refractivity contribution in [3.05, 3.63) is 0 Å². The van der Waals surface area contributed by atoms with Crippen molar-refractivity contribution >= 4 is 11.9 Å². The lowest BCUT2D eigenvalue weighted by Crippen LogP contribution is -2.31. The number of hydrogen-bond acceptors (Lipinski definition) is 3. The molecule has 1 rings (SSSR count). The van der Waals surface area contributed by atoms with Crippen LogP contribution in [0.15, 0.2) is 0 Å². The van der Waals surface area contributed by atoms with Gasteiger partial charge in [0.2, 0.25) is 5.91 Å². The molecule has 1 aliphatic rings. The van der Waals surface area contributed by atoms with E-state index in [2.05, 4.69) is 5.32 Å². The fraction of sp³-hybridized carbons (Fsp3) is 0.778. The van der Waals surface area contributed by atoms with Gasteiger partial charge < -0.3 is 10.4 Å². The van der Waals surface area contributed by atoms with Gasteiger partial charge in [0.25, 0.3) is 0 Å². The fourth-order valence-electron chi connectivity index (χ4n) is 1.42. The molecule has 2 N–H and O–H groups in total. The molecule has 0 atom stereocenters. The number of unbranched alkanes of at least 4 members (excludes halogenated alkanes) is 3. The molecule has 0 aliphatic carbocycles. The van der Waals surface area contributed by atoms with E-state index in [0.717, 1.165) is 25.7 Å². The minimum atomic E-state index is -0.280. The van der Waals surface area contributed by atoms with Gasteiger partial charge >= 0.3 is 6.03 Å². The van der Waals surface area contributed by atoms with Crippen LogP contribution in [0.25, 0.3) is 0 Å². The summed E-state index contributed by atoms with van der Waals surface area (Å²) in [7, 11) is 0. The second-order valence-corrected chi connectivity index (χ2v) is 3.34. The van der Waals surface area contributed by atoms with Crippen LogP contribution in [0.4, 0.5) is 4.79 Å². The number of hydrogen-bond donors (Lipinski definition) is 2. The van der Waals surface area contributed by atoms with Crippen LogP contribution in [0.3, 0.4) is 0 Å². The van der Waals surface area contributed by atoms with Crippen LogP contribution in [0, 0.1) is 0 Å². The van der Waals surface area contributed by atoms with Crippen molar-refractivity contribution < 1.29 is 14.7 Å². The molecule has 0 aromatic heterocycles. The lowest BCUT2D eigenvalue weighted by Gasteiger charge is -2.11. The normalized spacial score (nSPS) is 16.2. The van der Waals surface area contributed by atoms with Crippen LogP contribution < -0.4 is 5.32 Å². The summed E-state index contributed by atoms with van der Waals surface area (Å²) in [6.07, 6.45) is 3.50. The molecule has 3 amide bonds. The summed E-state index contributed by atoms with van der Waals surface area (Å²) in [6, 6.07) is -0.280. The number of rotatable bonds is 6. The van der Waals surface area contributed by atoms with Crippen molar-refractivity contribution in [1.29, 1.82) is 0 Å². The molecule has 1 fully saturated rings. The third kappa shape index (κ3) is 2.99. The van der Waals surface area contributed by atoms with E-state index in [4.69, 9.17) is 5.11 Å². The van der Waals surface area contributed by atoms with Crippen LogP contribution in [-0.4, -0.2) is 41.6 Å². The van der Waals surface area contributed by atoms with Gasteiger partial charge in [-0.05, 0) is 12.8 Å². The second kappa shape index (κ2) is 5.59. The van der Waals surface area contributed by atoms with Gasteiger partial charge in [-0.15, -0.1) is 0 Å². The first-order valence-corrected chi connectivity index (χ1v) is 4.95.